The molecule has 1 aromatic rings. The Labute approximate surface area is 107 Å². The Kier molecular flexibility index (Phi) is 5.00. The van der Waals surface area contributed by atoms with Crippen molar-refractivity contribution in [3.8, 4) is 0 Å². The third-order valence-electron chi connectivity index (χ3n) is 3.38. The largest absolute Gasteiger partial charge is 0.397 e. The average Bonchev–Trinajstić information content (AvgIpc) is 2.34. The fourth-order valence-electron chi connectivity index (χ4n) is 2.15. The van der Waals surface area contributed by atoms with Gasteiger partial charge in [0.05, 0.1) is 5.41 Å². The summed E-state index contributed by atoms with van der Waals surface area (Å²) in [6.45, 7) is 3.23. The van der Waals surface area contributed by atoms with E-state index in [9.17, 15) is 13.2 Å². The van der Waals surface area contributed by atoms with Crippen molar-refractivity contribution in [3.05, 3.63) is 48.0 Å². The van der Waals surface area contributed by atoms with Gasteiger partial charge in [0.2, 0.25) is 0 Å². The van der Waals surface area contributed by atoms with Crippen LogP contribution in [-0.4, -0.2) is 6.18 Å². The van der Waals surface area contributed by atoms with Gasteiger partial charge in [-0.1, -0.05) is 49.4 Å². The lowest BCUT2D eigenvalue weighted by molar-refractivity contribution is -0.209. The fraction of sp³-hybridized carbons (Fsp3) is 0.467. The topological polar surface area (TPSA) is 0 Å². The molecular weight excluding hydrogens is 237 g/mol. The van der Waals surface area contributed by atoms with Crippen molar-refractivity contribution in [2.24, 2.45) is 5.41 Å². The zero-order valence-electron chi connectivity index (χ0n) is 10.8. The number of rotatable bonds is 5. The summed E-state index contributed by atoms with van der Waals surface area (Å²) >= 11 is 0. The van der Waals surface area contributed by atoms with Crippen LogP contribution < -0.4 is 0 Å². The first-order valence-electron chi connectivity index (χ1n) is 6.19. The van der Waals surface area contributed by atoms with E-state index < -0.39 is 11.6 Å². The summed E-state index contributed by atoms with van der Waals surface area (Å²) in [5.41, 5.74) is -0.749. The normalized spacial score (nSPS) is 15.8. The van der Waals surface area contributed by atoms with Gasteiger partial charge < -0.3 is 0 Å². The molecule has 0 unspecified atom stereocenters. The molecule has 0 N–H and O–H groups in total. The molecule has 3 heteroatoms. The number of benzene rings is 1. The highest BCUT2D eigenvalue weighted by molar-refractivity contribution is 5.16. The van der Waals surface area contributed by atoms with E-state index in [1.807, 2.05) is 30.3 Å². The van der Waals surface area contributed by atoms with Crippen LogP contribution >= 0.6 is 0 Å². The van der Waals surface area contributed by atoms with Crippen LogP contribution in [0.25, 0.3) is 0 Å². The Morgan fingerprint density at radius 3 is 2.17 bits per heavy atom. The molecule has 0 nitrogen and oxygen atoms in total. The first-order valence-corrected chi connectivity index (χ1v) is 6.19. The Hall–Kier alpha value is -1.25. The molecule has 0 radical (unpaired) electrons. The zero-order valence-corrected chi connectivity index (χ0v) is 10.8. The molecule has 100 valence electrons. The molecule has 0 aliphatic heterocycles. The predicted molar refractivity (Wildman–Crippen MR) is 68.4 cm³/mol. The maximum absolute atomic E-state index is 13.2. The van der Waals surface area contributed by atoms with Crippen molar-refractivity contribution >= 4 is 0 Å². The van der Waals surface area contributed by atoms with Crippen molar-refractivity contribution in [1.82, 2.24) is 0 Å². The van der Waals surface area contributed by atoms with Gasteiger partial charge in [-0.25, -0.2) is 0 Å². The van der Waals surface area contributed by atoms with Gasteiger partial charge >= 0.3 is 6.18 Å². The van der Waals surface area contributed by atoms with Gasteiger partial charge in [-0.2, -0.15) is 13.2 Å². The maximum Gasteiger partial charge on any atom is 0.397 e. The Morgan fingerprint density at radius 1 is 1.11 bits per heavy atom. The summed E-state index contributed by atoms with van der Waals surface area (Å²) in [7, 11) is 0. The predicted octanol–water partition coefficient (Wildman–Crippen LogP) is 5.15. The Balaban J connectivity index is 2.86. The molecule has 18 heavy (non-hydrogen) atoms. The summed E-state index contributed by atoms with van der Waals surface area (Å²) in [5.74, 6) is 0. The highest BCUT2D eigenvalue weighted by Crippen LogP contribution is 2.45. The van der Waals surface area contributed by atoms with Crippen LogP contribution in [-0.2, 0) is 6.42 Å². The molecule has 0 bridgehead atoms. The maximum atomic E-state index is 13.2. The van der Waals surface area contributed by atoms with Gasteiger partial charge in [0, 0.05) is 0 Å². The number of alkyl halides is 3. The minimum atomic E-state index is -4.19. The van der Waals surface area contributed by atoms with Gasteiger partial charge in [0.15, 0.2) is 0 Å². The summed E-state index contributed by atoms with van der Waals surface area (Å²) < 4.78 is 39.6. The van der Waals surface area contributed by atoms with E-state index in [0.29, 0.717) is 6.42 Å². The third kappa shape index (κ3) is 3.37. The van der Waals surface area contributed by atoms with Crippen LogP contribution in [0.1, 0.15) is 32.3 Å². The van der Waals surface area contributed by atoms with Crippen molar-refractivity contribution in [3.63, 3.8) is 0 Å². The van der Waals surface area contributed by atoms with Crippen molar-refractivity contribution < 1.29 is 13.2 Å². The second-order valence-corrected chi connectivity index (χ2v) is 4.49. The quantitative estimate of drug-likeness (QED) is 0.639. The number of aryl methyl sites for hydroxylation is 1. The fourth-order valence-corrected chi connectivity index (χ4v) is 2.15. The van der Waals surface area contributed by atoms with Crippen molar-refractivity contribution in [2.75, 3.05) is 0 Å². The van der Waals surface area contributed by atoms with Gasteiger partial charge in [-0.15, -0.1) is 0 Å². The van der Waals surface area contributed by atoms with Crippen molar-refractivity contribution in [2.45, 2.75) is 39.3 Å². The Morgan fingerprint density at radius 2 is 1.72 bits per heavy atom. The van der Waals surface area contributed by atoms with Crippen LogP contribution in [0.3, 0.4) is 0 Å². The summed E-state index contributed by atoms with van der Waals surface area (Å²) in [6, 6.07) is 9.31. The second-order valence-electron chi connectivity index (χ2n) is 4.49. The molecule has 1 aromatic carbocycles. The lowest BCUT2D eigenvalue weighted by Gasteiger charge is -2.32. The average molecular weight is 256 g/mol. The third-order valence-corrected chi connectivity index (χ3v) is 3.38. The van der Waals surface area contributed by atoms with E-state index in [2.05, 4.69) is 0 Å². The van der Waals surface area contributed by atoms with E-state index in [4.69, 9.17) is 0 Å². The zero-order chi connectivity index (χ0) is 13.6. The first kappa shape index (κ1) is 14.8. The van der Waals surface area contributed by atoms with Gasteiger partial charge in [0.1, 0.15) is 0 Å². The number of hydrogen-bond donors (Lipinski definition) is 0. The van der Waals surface area contributed by atoms with Crippen molar-refractivity contribution in [1.29, 1.82) is 0 Å². The number of allylic oxidation sites excluding steroid dienone is 2. The molecule has 0 aliphatic rings. The van der Waals surface area contributed by atoms with Crippen LogP contribution in [0.2, 0.25) is 0 Å². The molecule has 0 amide bonds. The second kappa shape index (κ2) is 6.07. The smallest absolute Gasteiger partial charge is 0.170 e. The molecule has 0 saturated heterocycles. The van der Waals surface area contributed by atoms with E-state index in [1.165, 1.54) is 12.2 Å². The highest BCUT2D eigenvalue weighted by Gasteiger charge is 2.50. The van der Waals surface area contributed by atoms with E-state index in [1.54, 1.807) is 13.8 Å². The van der Waals surface area contributed by atoms with E-state index in [0.717, 1.165) is 5.56 Å². The molecular formula is C15H19F3. The van der Waals surface area contributed by atoms with E-state index in [-0.39, 0.29) is 12.8 Å². The lowest BCUT2D eigenvalue weighted by atomic mass is 9.78. The molecule has 0 saturated carbocycles. The van der Waals surface area contributed by atoms with Crippen LogP contribution in [0, 0.1) is 5.41 Å². The van der Waals surface area contributed by atoms with Gasteiger partial charge in [-0.3, -0.25) is 0 Å². The van der Waals surface area contributed by atoms with Crippen LogP contribution in [0.4, 0.5) is 13.2 Å². The minimum absolute atomic E-state index is 0.0771. The lowest BCUT2D eigenvalue weighted by Crippen LogP contribution is -2.36. The van der Waals surface area contributed by atoms with Crippen LogP contribution in [0.15, 0.2) is 42.5 Å². The molecule has 0 spiro atoms. The summed E-state index contributed by atoms with van der Waals surface area (Å²) in [5, 5.41) is 0. The summed E-state index contributed by atoms with van der Waals surface area (Å²) in [4.78, 5) is 0. The van der Waals surface area contributed by atoms with Crippen LogP contribution in [0.5, 0.6) is 0 Å². The molecule has 0 fully saturated rings. The highest BCUT2D eigenvalue weighted by atomic mass is 19.4. The number of halogens is 3. The first-order chi connectivity index (χ1) is 8.45. The molecule has 0 aliphatic carbocycles. The Bertz CT molecular complexity index is 378. The molecule has 0 heterocycles. The summed E-state index contributed by atoms with van der Waals surface area (Å²) in [6.07, 6.45) is -0.769. The number of hydrogen-bond acceptors (Lipinski definition) is 0. The molecule has 0 aromatic heterocycles. The standard InChI is InChI=1S/C15H19F3/c1-3-11-14(4-2,15(16,17)18)12-10-13-8-6-5-7-9-13/h3,5-9,11H,4,10,12H2,1-2H3/t14-/m0/s1. The SMILES string of the molecule is CC=C[C@@](CC)(CCc1ccccc1)C(F)(F)F. The van der Waals surface area contributed by atoms with E-state index >= 15 is 0 Å². The molecule has 1 rings (SSSR count). The monoisotopic (exact) mass is 256 g/mol. The van der Waals surface area contributed by atoms with Gasteiger partial charge in [-0.05, 0) is 31.7 Å². The molecule has 1 atom stereocenters. The minimum Gasteiger partial charge on any atom is -0.170 e. The van der Waals surface area contributed by atoms with Gasteiger partial charge in [0.25, 0.3) is 0 Å².